The van der Waals surface area contributed by atoms with Crippen molar-refractivity contribution < 1.29 is 19.4 Å². The van der Waals surface area contributed by atoms with Crippen LogP contribution < -0.4 is 0 Å². The van der Waals surface area contributed by atoms with E-state index in [0.29, 0.717) is 32.6 Å². The van der Waals surface area contributed by atoms with Crippen LogP contribution in [0.25, 0.3) is 0 Å². The Hall–Kier alpha value is -2.66. The Labute approximate surface area is 147 Å². The van der Waals surface area contributed by atoms with Crippen LogP contribution in [0.15, 0.2) is 54.6 Å². The summed E-state index contributed by atoms with van der Waals surface area (Å²) in [5.41, 5.74) is 2.32. The van der Waals surface area contributed by atoms with E-state index in [1.807, 2.05) is 30.3 Å². The van der Waals surface area contributed by atoms with E-state index in [1.165, 1.54) is 0 Å². The van der Waals surface area contributed by atoms with Crippen molar-refractivity contribution in [3.63, 3.8) is 0 Å². The van der Waals surface area contributed by atoms with Crippen LogP contribution in [0.4, 0.5) is 0 Å². The highest BCUT2D eigenvalue weighted by Gasteiger charge is 2.09. The minimum atomic E-state index is -0.946. The number of amides is 1. The highest BCUT2D eigenvalue weighted by molar-refractivity contribution is 5.87. The number of carboxylic acid groups (broad SMARTS) is 1. The van der Waals surface area contributed by atoms with Crippen LogP contribution in [0, 0.1) is 0 Å². The summed E-state index contributed by atoms with van der Waals surface area (Å²) in [4.78, 5) is 24.6. The van der Waals surface area contributed by atoms with Gasteiger partial charge >= 0.3 is 5.97 Å². The number of aryl methyl sites for hydroxylation is 1. The fourth-order valence-electron chi connectivity index (χ4n) is 2.35. The molecule has 25 heavy (non-hydrogen) atoms. The molecule has 0 bridgehead atoms. The molecule has 0 aliphatic heterocycles. The molecule has 0 spiro atoms. The number of carbonyl (C=O) groups is 2. The predicted molar refractivity (Wildman–Crippen MR) is 95.5 cm³/mol. The number of benzene rings is 2. The molecule has 132 valence electrons. The maximum Gasteiger partial charge on any atom is 0.335 e. The summed E-state index contributed by atoms with van der Waals surface area (Å²) in [5.74, 6) is -0.900. The fraction of sp³-hybridized carbons (Fsp3) is 0.300. The van der Waals surface area contributed by atoms with E-state index in [0.717, 1.165) is 11.1 Å². The maximum absolute atomic E-state index is 12.1. The molecule has 2 rings (SSSR count). The summed E-state index contributed by atoms with van der Waals surface area (Å²) in [6.45, 7) is 1.58. The Bertz CT molecular complexity index is 683. The maximum atomic E-state index is 12.1. The second-order valence-electron chi connectivity index (χ2n) is 5.86. The zero-order chi connectivity index (χ0) is 18.1. The average molecular weight is 341 g/mol. The zero-order valence-electron chi connectivity index (χ0n) is 14.4. The number of carbonyl (C=O) groups excluding carboxylic acids is 1. The minimum Gasteiger partial charge on any atom is -0.478 e. The van der Waals surface area contributed by atoms with Crippen LogP contribution in [0.1, 0.15) is 27.9 Å². The van der Waals surface area contributed by atoms with Crippen LogP contribution in [-0.2, 0) is 22.6 Å². The van der Waals surface area contributed by atoms with Crippen molar-refractivity contribution in [2.75, 3.05) is 20.2 Å². The van der Waals surface area contributed by atoms with Gasteiger partial charge in [-0.05, 0) is 29.7 Å². The van der Waals surface area contributed by atoms with Crippen molar-refractivity contribution >= 4 is 11.9 Å². The van der Waals surface area contributed by atoms with Gasteiger partial charge in [-0.15, -0.1) is 0 Å². The highest BCUT2D eigenvalue weighted by Crippen LogP contribution is 2.08. The molecule has 5 nitrogen and oxygen atoms in total. The van der Waals surface area contributed by atoms with Crippen molar-refractivity contribution in [1.82, 2.24) is 4.90 Å². The number of rotatable bonds is 9. The predicted octanol–water partition coefficient (Wildman–Crippen LogP) is 2.99. The monoisotopic (exact) mass is 341 g/mol. The topological polar surface area (TPSA) is 66.8 Å². The van der Waals surface area contributed by atoms with Crippen molar-refractivity contribution in [2.24, 2.45) is 0 Å². The molecular formula is C20H23NO4. The summed E-state index contributed by atoms with van der Waals surface area (Å²) < 4.78 is 5.59. The Morgan fingerprint density at radius 3 is 2.32 bits per heavy atom. The first-order chi connectivity index (χ1) is 12.1. The van der Waals surface area contributed by atoms with Gasteiger partial charge in [-0.2, -0.15) is 0 Å². The molecule has 0 aliphatic carbocycles. The van der Waals surface area contributed by atoms with Crippen LogP contribution in [0.5, 0.6) is 0 Å². The Balaban J connectivity index is 1.66. The van der Waals surface area contributed by atoms with Crippen LogP contribution in [-0.4, -0.2) is 42.1 Å². The third kappa shape index (κ3) is 6.39. The van der Waals surface area contributed by atoms with Crippen molar-refractivity contribution in [3.05, 3.63) is 71.3 Å². The molecule has 1 N–H and O–H groups in total. The molecule has 1 amide bonds. The van der Waals surface area contributed by atoms with E-state index in [-0.39, 0.29) is 11.5 Å². The van der Waals surface area contributed by atoms with Gasteiger partial charge in [0.1, 0.15) is 0 Å². The Morgan fingerprint density at radius 1 is 1.00 bits per heavy atom. The first-order valence-electron chi connectivity index (χ1n) is 8.24. The molecule has 0 radical (unpaired) electrons. The molecule has 2 aromatic rings. The van der Waals surface area contributed by atoms with Crippen molar-refractivity contribution in [1.29, 1.82) is 0 Å². The minimum absolute atomic E-state index is 0.0469. The fourth-order valence-corrected chi connectivity index (χ4v) is 2.35. The lowest BCUT2D eigenvalue weighted by Gasteiger charge is -2.17. The van der Waals surface area contributed by atoms with E-state index >= 15 is 0 Å². The lowest BCUT2D eigenvalue weighted by Crippen LogP contribution is -2.30. The number of hydrogen-bond acceptors (Lipinski definition) is 3. The van der Waals surface area contributed by atoms with Gasteiger partial charge in [0.25, 0.3) is 0 Å². The lowest BCUT2D eigenvalue weighted by atomic mass is 10.1. The molecular weight excluding hydrogens is 318 g/mol. The van der Waals surface area contributed by atoms with Gasteiger partial charge in [-0.1, -0.05) is 42.5 Å². The molecule has 0 atom stereocenters. The lowest BCUT2D eigenvalue weighted by molar-refractivity contribution is -0.130. The molecule has 0 saturated heterocycles. The largest absolute Gasteiger partial charge is 0.478 e. The van der Waals surface area contributed by atoms with Crippen molar-refractivity contribution in [2.45, 2.75) is 19.4 Å². The highest BCUT2D eigenvalue weighted by atomic mass is 16.5. The second-order valence-corrected chi connectivity index (χ2v) is 5.86. The van der Waals surface area contributed by atoms with Gasteiger partial charge < -0.3 is 14.7 Å². The molecule has 0 fully saturated rings. The van der Waals surface area contributed by atoms with Gasteiger partial charge in [0.05, 0.1) is 18.8 Å². The summed E-state index contributed by atoms with van der Waals surface area (Å²) in [7, 11) is 1.77. The van der Waals surface area contributed by atoms with E-state index in [1.54, 1.807) is 36.2 Å². The van der Waals surface area contributed by atoms with E-state index in [2.05, 4.69) is 0 Å². The van der Waals surface area contributed by atoms with Crippen LogP contribution >= 0.6 is 0 Å². The third-order valence-corrected chi connectivity index (χ3v) is 3.94. The van der Waals surface area contributed by atoms with Crippen LogP contribution in [0.3, 0.4) is 0 Å². The van der Waals surface area contributed by atoms with E-state index in [4.69, 9.17) is 9.84 Å². The van der Waals surface area contributed by atoms with E-state index in [9.17, 15) is 9.59 Å². The normalized spacial score (nSPS) is 10.4. The number of carboxylic acids is 1. The van der Waals surface area contributed by atoms with Gasteiger partial charge in [0, 0.05) is 20.0 Å². The molecule has 2 aromatic carbocycles. The zero-order valence-corrected chi connectivity index (χ0v) is 14.4. The molecule has 0 unspecified atom stereocenters. The second kappa shape index (κ2) is 9.59. The SMILES string of the molecule is CN(CCOCc1ccccc1)C(=O)CCc1ccc(C(=O)O)cc1. The molecule has 5 heteroatoms. The number of aromatic carboxylic acids is 1. The Morgan fingerprint density at radius 2 is 1.68 bits per heavy atom. The molecule has 0 aliphatic rings. The molecule has 0 saturated carbocycles. The number of ether oxygens (including phenoxy) is 1. The summed E-state index contributed by atoms with van der Waals surface area (Å²) >= 11 is 0. The quantitative estimate of drug-likeness (QED) is 0.712. The van der Waals surface area contributed by atoms with Crippen LogP contribution in [0.2, 0.25) is 0 Å². The Kier molecular flexibility index (Phi) is 7.16. The smallest absolute Gasteiger partial charge is 0.335 e. The number of hydrogen-bond donors (Lipinski definition) is 1. The van der Waals surface area contributed by atoms with Crippen molar-refractivity contribution in [3.8, 4) is 0 Å². The number of likely N-dealkylation sites (N-methyl/N-ethyl adjacent to an activating group) is 1. The van der Waals surface area contributed by atoms with Gasteiger partial charge in [-0.25, -0.2) is 4.79 Å². The van der Waals surface area contributed by atoms with E-state index < -0.39 is 5.97 Å². The van der Waals surface area contributed by atoms with Gasteiger partial charge in [0.2, 0.25) is 5.91 Å². The first-order valence-corrected chi connectivity index (χ1v) is 8.24. The average Bonchev–Trinajstić information content (AvgIpc) is 2.64. The number of nitrogens with zero attached hydrogens (tertiary/aromatic N) is 1. The molecule has 0 heterocycles. The van der Waals surface area contributed by atoms with Gasteiger partial charge in [0.15, 0.2) is 0 Å². The standard InChI is InChI=1S/C20H23NO4/c1-21(13-14-25-15-17-5-3-2-4-6-17)19(22)12-9-16-7-10-18(11-8-16)20(23)24/h2-8,10-11H,9,12-15H2,1H3,(H,23,24). The molecule has 0 aromatic heterocycles. The van der Waals surface area contributed by atoms with Gasteiger partial charge in [-0.3, -0.25) is 4.79 Å². The summed E-state index contributed by atoms with van der Waals surface area (Å²) in [6.07, 6.45) is 0.982. The summed E-state index contributed by atoms with van der Waals surface area (Å²) in [5, 5.41) is 8.87. The third-order valence-electron chi connectivity index (χ3n) is 3.94. The summed E-state index contributed by atoms with van der Waals surface area (Å²) in [6, 6.07) is 16.5. The first kappa shape index (κ1) is 18.7.